The first kappa shape index (κ1) is 13.6. The summed E-state index contributed by atoms with van der Waals surface area (Å²) in [6, 6.07) is 0. The van der Waals surface area contributed by atoms with E-state index in [1.807, 2.05) is 0 Å². The Bertz CT molecular complexity index is 333. The summed E-state index contributed by atoms with van der Waals surface area (Å²) < 4.78 is 38.6. The summed E-state index contributed by atoms with van der Waals surface area (Å²) in [5.74, 6) is -2.90. The van der Waals surface area contributed by atoms with Crippen LogP contribution in [0.15, 0.2) is 0 Å². The molecule has 1 saturated carbocycles. The molecule has 0 spiro atoms. The van der Waals surface area contributed by atoms with Crippen LogP contribution in [0.3, 0.4) is 0 Å². The number of halogens is 3. The van der Waals surface area contributed by atoms with Crippen LogP contribution in [-0.4, -0.2) is 40.8 Å². The summed E-state index contributed by atoms with van der Waals surface area (Å²) in [5.41, 5.74) is -0.932. The fraction of sp³-hybridized carbons (Fsp3) is 0.917. The normalized spacial score (nSPS) is 31.9. The van der Waals surface area contributed by atoms with Crippen molar-refractivity contribution < 1.29 is 23.1 Å². The minimum atomic E-state index is -4.30. The Hall–Kier alpha value is -0.780. The molecule has 1 saturated heterocycles. The maximum atomic E-state index is 12.9. The van der Waals surface area contributed by atoms with E-state index >= 15 is 0 Å². The van der Waals surface area contributed by atoms with Crippen LogP contribution in [0.1, 0.15) is 32.6 Å². The number of amides is 1. The quantitative estimate of drug-likeness (QED) is 0.787. The van der Waals surface area contributed by atoms with Gasteiger partial charge in [0.25, 0.3) is 0 Å². The lowest BCUT2D eigenvalue weighted by Crippen LogP contribution is -2.63. The molecule has 104 valence electrons. The molecule has 1 amide bonds. The number of alkyl halides is 3. The summed E-state index contributed by atoms with van der Waals surface area (Å²) in [7, 11) is 0. The molecule has 0 aromatic heterocycles. The predicted molar refractivity (Wildman–Crippen MR) is 58.7 cm³/mol. The number of hydrogen-bond donors (Lipinski definition) is 1. The minimum Gasteiger partial charge on any atom is -0.386 e. The SMILES string of the molecule is CC1(O)CN(C(=O)C2CCCCC2C(F)(F)F)C1. The molecule has 0 aromatic rings. The van der Waals surface area contributed by atoms with Gasteiger partial charge in [0, 0.05) is 5.92 Å². The Morgan fingerprint density at radius 1 is 1.28 bits per heavy atom. The van der Waals surface area contributed by atoms with Gasteiger partial charge in [-0.2, -0.15) is 13.2 Å². The van der Waals surface area contributed by atoms with Crippen molar-refractivity contribution in [2.75, 3.05) is 13.1 Å². The third-order valence-electron chi connectivity index (χ3n) is 3.88. The zero-order valence-corrected chi connectivity index (χ0v) is 10.3. The maximum absolute atomic E-state index is 12.9. The molecule has 2 unspecified atom stereocenters. The number of carbonyl (C=O) groups excluding carboxylic acids is 1. The second-order valence-electron chi connectivity index (χ2n) is 5.73. The summed E-state index contributed by atoms with van der Waals surface area (Å²) >= 11 is 0. The predicted octanol–water partition coefficient (Wildman–Crippen LogP) is 1.95. The van der Waals surface area contributed by atoms with E-state index < -0.39 is 29.5 Å². The molecular formula is C12H18F3NO2. The van der Waals surface area contributed by atoms with Crippen molar-refractivity contribution in [2.24, 2.45) is 11.8 Å². The molecule has 1 aliphatic carbocycles. The van der Waals surface area contributed by atoms with Crippen LogP contribution in [0, 0.1) is 11.8 Å². The van der Waals surface area contributed by atoms with E-state index in [1.165, 1.54) is 4.90 Å². The highest BCUT2D eigenvalue weighted by Gasteiger charge is 2.51. The van der Waals surface area contributed by atoms with Crippen LogP contribution in [0.25, 0.3) is 0 Å². The van der Waals surface area contributed by atoms with Gasteiger partial charge in [0.15, 0.2) is 0 Å². The van der Waals surface area contributed by atoms with Crippen molar-refractivity contribution in [1.29, 1.82) is 0 Å². The molecule has 18 heavy (non-hydrogen) atoms. The molecular weight excluding hydrogens is 247 g/mol. The van der Waals surface area contributed by atoms with Crippen molar-refractivity contribution in [3.05, 3.63) is 0 Å². The Labute approximate surface area is 104 Å². The molecule has 1 heterocycles. The average molecular weight is 265 g/mol. The summed E-state index contributed by atoms with van der Waals surface area (Å²) in [4.78, 5) is 13.4. The number of rotatable bonds is 1. The van der Waals surface area contributed by atoms with Crippen LogP contribution in [0.4, 0.5) is 13.2 Å². The molecule has 0 aromatic carbocycles. The highest BCUT2D eigenvalue weighted by atomic mass is 19.4. The largest absolute Gasteiger partial charge is 0.392 e. The lowest BCUT2D eigenvalue weighted by atomic mass is 9.77. The van der Waals surface area contributed by atoms with Crippen molar-refractivity contribution in [1.82, 2.24) is 4.90 Å². The lowest BCUT2D eigenvalue weighted by molar-refractivity contribution is -0.205. The third-order valence-corrected chi connectivity index (χ3v) is 3.88. The molecule has 6 heteroatoms. The number of likely N-dealkylation sites (tertiary alicyclic amines) is 1. The van der Waals surface area contributed by atoms with Gasteiger partial charge in [-0.15, -0.1) is 0 Å². The van der Waals surface area contributed by atoms with E-state index in [4.69, 9.17) is 0 Å². The molecule has 3 nitrogen and oxygen atoms in total. The van der Waals surface area contributed by atoms with Gasteiger partial charge in [-0.1, -0.05) is 12.8 Å². The van der Waals surface area contributed by atoms with Gasteiger partial charge in [0.05, 0.1) is 24.6 Å². The monoisotopic (exact) mass is 265 g/mol. The zero-order chi connectivity index (χ0) is 13.6. The Balaban J connectivity index is 2.03. The molecule has 1 aliphatic heterocycles. The smallest absolute Gasteiger partial charge is 0.386 e. The first-order valence-corrected chi connectivity index (χ1v) is 6.29. The van der Waals surface area contributed by atoms with Gasteiger partial charge in [-0.25, -0.2) is 0 Å². The fourth-order valence-electron chi connectivity index (χ4n) is 2.98. The Morgan fingerprint density at radius 2 is 1.83 bits per heavy atom. The van der Waals surface area contributed by atoms with Crippen molar-refractivity contribution >= 4 is 5.91 Å². The first-order valence-electron chi connectivity index (χ1n) is 6.29. The van der Waals surface area contributed by atoms with Crippen LogP contribution >= 0.6 is 0 Å². The molecule has 1 N–H and O–H groups in total. The maximum Gasteiger partial charge on any atom is 0.392 e. The van der Waals surface area contributed by atoms with E-state index in [0.717, 1.165) is 0 Å². The number of nitrogens with zero attached hydrogens (tertiary/aromatic N) is 1. The van der Waals surface area contributed by atoms with Crippen LogP contribution in [0.2, 0.25) is 0 Å². The van der Waals surface area contributed by atoms with Gasteiger partial charge in [-0.05, 0) is 19.8 Å². The molecule has 2 rings (SSSR count). The minimum absolute atomic E-state index is 0.0458. The lowest BCUT2D eigenvalue weighted by Gasteiger charge is -2.47. The van der Waals surface area contributed by atoms with Gasteiger partial charge < -0.3 is 10.0 Å². The van der Waals surface area contributed by atoms with Crippen LogP contribution in [-0.2, 0) is 4.79 Å². The van der Waals surface area contributed by atoms with E-state index in [1.54, 1.807) is 6.92 Å². The topological polar surface area (TPSA) is 40.5 Å². The van der Waals surface area contributed by atoms with Crippen molar-refractivity contribution in [2.45, 2.75) is 44.4 Å². The molecule has 0 radical (unpaired) electrons. The van der Waals surface area contributed by atoms with E-state index in [-0.39, 0.29) is 19.5 Å². The van der Waals surface area contributed by atoms with Gasteiger partial charge >= 0.3 is 6.18 Å². The van der Waals surface area contributed by atoms with Gasteiger partial charge in [0.1, 0.15) is 0 Å². The Morgan fingerprint density at radius 3 is 2.33 bits per heavy atom. The first-order chi connectivity index (χ1) is 8.21. The van der Waals surface area contributed by atoms with Crippen molar-refractivity contribution in [3.8, 4) is 0 Å². The van der Waals surface area contributed by atoms with Crippen molar-refractivity contribution in [3.63, 3.8) is 0 Å². The second-order valence-corrected chi connectivity index (χ2v) is 5.73. The van der Waals surface area contributed by atoms with Gasteiger partial charge in [-0.3, -0.25) is 4.79 Å². The second kappa shape index (κ2) is 4.40. The zero-order valence-electron chi connectivity index (χ0n) is 10.3. The van der Waals surface area contributed by atoms with Crippen LogP contribution in [0.5, 0.6) is 0 Å². The number of carbonyl (C=O) groups is 1. The van der Waals surface area contributed by atoms with Gasteiger partial charge in [0.2, 0.25) is 5.91 Å². The number of β-amino-alcohol motifs (C(OH)–C–C–N with tert-alkyl or cyclic N) is 1. The van der Waals surface area contributed by atoms with E-state index in [2.05, 4.69) is 0 Å². The highest BCUT2D eigenvalue weighted by Crippen LogP contribution is 2.42. The fourth-order valence-corrected chi connectivity index (χ4v) is 2.98. The van der Waals surface area contributed by atoms with E-state index in [9.17, 15) is 23.1 Å². The summed E-state index contributed by atoms with van der Waals surface area (Å²) in [5, 5.41) is 9.54. The highest BCUT2D eigenvalue weighted by molar-refractivity contribution is 5.80. The molecule has 0 bridgehead atoms. The molecule has 2 atom stereocenters. The summed E-state index contributed by atoms with van der Waals surface area (Å²) in [6.07, 6.45) is -2.74. The average Bonchev–Trinajstić information content (AvgIpc) is 2.23. The van der Waals surface area contributed by atoms with Crippen LogP contribution < -0.4 is 0 Å². The molecule has 2 aliphatic rings. The Kier molecular flexibility index (Phi) is 3.34. The number of aliphatic hydroxyl groups is 1. The standard InChI is InChI=1S/C12H18F3NO2/c1-11(18)6-16(7-11)10(17)8-4-2-3-5-9(8)12(13,14)15/h8-9,18H,2-7H2,1H3. The number of hydrogen-bond acceptors (Lipinski definition) is 2. The summed E-state index contributed by atoms with van der Waals surface area (Å²) in [6.45, 7) is 1.87. The van der Waals surface area contributed by atoms with E-state index in [0.29, 0.717) is 19.3 Å². The third kappa shape index (κ3) is 2.63. The molecule has 2 fully saturated rings.